The van der Waals surface area contributed by atoms with E-state index in [-0.39, 0.29) is 11.3 Å². The first kappa shape index (κ1) is 17.2. The van der Waals surface area contributed by atoms with Crippen LogP contribution in [0.5, 0.6) is 5.75 Å². The minimum Gasteiger partial charge on any atom is -0.497 e. The van der Waals surface area contributed by atoms with Gasteiger partial charge in [-0.3, -0.25) is 9.59 Å². The first-order chi connectivity index (χ1) is 11.5. The minimum absolute atomic E-state index is 0.152. The smallest absolute Gasteiger partial charge is 0.338 e. The average molecular weight is 327 g/mol. The van der Waals surface area contributed by atoms with Crippen LogP contribution in [0.1, 0.15) is 27.6 Å². The number of ketones is 1. The molecular weight excluding hydrogens is 310 g/mol. The summed E-state index contributed by atoms with van der Waals surface area (Å²) in [6.45, 7) is 0.979. The summed E-state index contributed by atoms with van der Waals surface area (Å²) in [6, 6.07) is 13.0. The number of rotatable bonds is 6. The Morgan fingerprint density at radius 2 is 1.71 bits per heavy atom. The van der Waals surface area contributed by atoms with E-state index in [2.05, 4.69) is 5.32 Å². The monoisotopic (exact) mass is 327 g/mol. The van der Waals surface area contributed by atoms with Gasteiger partial charge in [-0.2, -0.15) is 0 Å². The second-order valence-electron chi connectivity index (χ2n) is 4.99. The number of carbonyl (C=O) groups is 3. The van der Waals surface area contributed by atoms with Crippen molar-refractivity contribution in [2.45, 2.75) is 6.92 Å². The molecule has 0 aliphatic heterocycles. The number of carbonyl (C=O) groups excluding carboxylic acids is 3. The molecule has 0 unspecified atom stereocenters. The molecule has 2 rings (SSSR count). The summed E-state index contributed by atoms with van der Waals surface area (Å²) < 4.78 is 10.0. The maximum absolute atomic E-state index is 11.9. The lowest BCUT2D eigenvalue weighted by Gasteiger charge is -2.08. The molecule has 0 atom stereocenters. The largest absolute Gasteiger partial charge is 0.497 e. The third-order valence-electron chi connectivity index (χ3n) is 3.19. The number of benzene rings is 2. The molecule has 0 spiro atoms. The Balaban J connectivity index is 1.92. The molecule has 2 aromatic carbocycles. The highest BCUT2D eigenvalue weighted by Crippen LogP contribution is 2.16. The van der Waals surface area contributed by atoms with Crippen LogP contribution < -0.4 is 10.1 Å². The van der Waals surface area contributed by atoms with Gasteiger partial charge in [0.05, 0.1) is 12.7 Å². The number of anilines is 1. The van der Waals surface area contributed by atoms with Gasteiger partial charge in [0.2, 0.25) is 0 Å². The summed E-state index contributed by atoms with van der Waals surface area (Å²) in [7, 11) is 1.53. The van der Waals surface area contributed by atoms with Crippen molar-refractivity contribution in [3.8, 4) is 5.75 Å². The maximum Gasteiger partial charge on any atom is 0.338 e. The molecule has 0 bridgehead atoms. The summed E-state index contributed by atoms with van der Waals surface area (Å²) in [5.41, 5.74) is 1.16. The van der Waals surface area contributed by atoms with Crippen molar-refractivity contribution >= 4 is 23.3 Å². The number of amides is 1. The molecule has 0 radical (unpaired) electrons. The number of hydrogen-bond acceptors (Lipinski definition) is 5. The highest BCUT2D eigenvalue weighted by molar-refractivity contribution is 5.99. The Morgan fingerprint density at radius 1 is 1.00 bits per heavy atom. The van der Waals surface area contributed by atoms with E-state index >= 15 is 0 Å². The van der Waals surface area contributed by atoms with Gasteiger partial charge >= 0.3 is 5.97 Å². The number of ether oxygens (including phenoxy) is 2. The molecule has 1 amide bonds. The fourth-order valence-corrected chi connectivity index (χ4v) is 1.98. The molecule has 0 saturated heterocycles. The molecule has 24 heavy (non-hydrogen) atoms. The molecule has 1 N–H and O–H groups in total. The van der Waals surface area contributed by atoms with Gasteiger partial charge in [-0.1, -0.05) is 18.2 Å². The molecule has 6 heteroatoms. The SMILES string of the molecule is COc1cccc(NC(=O)COC(=O)c2cccc(C(C)=O)c2)c1. The van der Waals surface area contributed by atoms with Crippen LogP contribution in [0.3, 0.4) is 0 Å². The zero-order valence-electron chi connectivity index (χ0n) is 13.4. The van der Waals surface area contributed by atoms with E-state index in [1.54, 1.807) is 36.4 Å². The fourth-order valence-electron chi connectivity index (χ4n) is 1.98. The van der Waals surface area contributed by atoms with Gasteiger partial charge in [-0.05, 0) is 31.2 Å². The van der Waals surface area contributed by atoms with E-state index in [0.29, 0.717) is 17.0 Å². The van der Waals surface area contributed by atoms with Gasteiger partial charge in [0.1, 0.15) is 5.75 Å². The van der Waals surface area contributed by atoms with E-state index in [1.807, 2.05) is 0 Å². The fraction of sp³-hybridized carbons (Fsp3) is 0.167. The van der Waals surface area contributed by atoms with Gasteiger partial charge < -0.3 is 14.8 Å². The van der Waals surface area contributed by atoms with Crippen molar-refractivity contribution in [3.63, 3.8) is 0 Å². The van der Waals surface area contributed by atoms with Crippen LogP contribution in [-0.2, 0) is 9.53 Å². The summed E-state index contributed by atoms with van der Waals surface area (Å²) in [4.78, 5) is 35.1. The zero-order valence-corrected chi connectivity index (χ0v) is 13.4. The van der Waals surface area contributed by atoms with Gasteiger partial charge in [0, 0.05) is 17.3 Å². The molecule has 0 saturated carbocycles. The molecule has 0 fully saturated rings. The van der Waals surface area contributed by atoms with Crippen LogP contribution >= 0.6 is 0 Å². The molecule has 6 nitrogen and oxygen atoms in total. The minimum atomic E-state index is -0.668. The van der Waals surface area contributed by atoms with Crippen molar-refractivity contribution in [2.24, 2.45) is 0 Å². The van der Waals surface area contributed by atoms with Crippen LogP contribution in [-0.4, -0.2) is 31.4 Å². The third-order valence-corrected chi connectivity index (χ3v) is 3.19. The third kappa shape index (κ3) is 4.67. The van der Waals surface area contributed by atoms with Crippen molar-refractivity contribution in [2.75, 3.05) is 19.0 Å². The van der Waals surface area contributed by atoms with Crippen molar-refractivity contribution < 1.29 is 23.9 Å². The van der Waals surface area contributed by atoms with Crippen LogP contribution in [0.25, 0.3) is 0 Å². The standard InChI is InChI=1S/C18H17NO5/c1-12(20)13-5-3-6-14(9-13)18(22)24-11-17(21)19-15-7-4-8-16(10-15)23-2/h3-10H,11H2,1-2H3,(H,19,21). The summed E-state index contributed by atoms with van der Waals surface area (Å²) >= 11 is 0. The van der Waals surface area contributed by atoms with E-state index in [1.165, 1.54) is 26.2 Å². The van der Waals surface area contributed by atoms with E-state index in [4.69, 9.17) is 9.47 Å². The Morgan fingerprint density at radius 3 is 2.42 bits per heavy atom. The normalized spacial score (nSPS) is 9.92. The van der Waals surface area contributed by atoms with Gasteiger partial charge in [0.15, 0.2) is 12.4 Å². The summed E-state index contributed by atoms with van der Waals surface area (Å²) in [5.74, 6) is -0.690. The number of esters is 1. The van der Waals surface area contributed by atoms with Crippen molar-refractivity contribution in [3.05, 3.63) is 59.7 Å². The second-order valence-corrected chi connectivity index (χ2v) is 4.99. The molecule has 0 aliphatic carbocycles. The lowest BCUT2D eigenvalue weighted by atomic mass is 10.1. The van der Waals surface area contributed by atoms with Crippen molar-refractivity contribution in [1.82, 2.24) is 0 Å². The van der Waals surface area contributed by atoms with Gasteiger partial charge in [-0.25, -0.2) is 4.79 Å². The Kier molecular flexibility index (Phi) is 5.68. The lowest BCUT2D eigenvalue weighted by Crippen LogP contribution is -2.21. The topological polar surface area (TPSA) is 81.7 Å². The Labute approximate surface area is 139 Å². The first-order valence-corrected chi connectivity index (χ1v) is 7.21. The molecule has 0 aromatic heterocycles. The summed E-state index contributed by atoms with van der Waals surface area (Å²) in [5, 5.41) is 2.60. The number of Topliss-reactive ketones (excluding diaryl/α,β-unsaturated/α-hetero) is 1. The molecule has 0 heterocycles. The van der Waals surface area contributed by atoms with Crippen LogP contribution in [0.15, 0.2) is 48.5 Å². The summed E-state index contributed by atoms with van der Waals surface area (Å²) in [6.07, 6.45) is 0. The molecular formula is C18H17NO5. The number of hydrogen-bond donors (Lipinski definition) is 1. The highest BCUT2D eigenvalue weighted by atomic mass is 16.5. The quantitative estimate of drug-likeness (QED) is 0.651. The van der Waals surface area contributed by atoms with Crippen molar-refractivity contribution in [1.29, 1.82) is 0 Å². The predicted molar refractivity (Wildman–Crippen MR) is 88.4 cm³/mol. The Bertz CT molecular complexity index is 770. The number of nitrogens with one attached hydrogen (secondary N) is 1. The molecule has 0 aliphatic rings. The molecule has 2 aromatic rings. The second kappa shape index (κ2) is 7.92. The first-order valence-electron chi connectivity index (χ1n) is 7.21. The predicted octanol–water partition coefficient (Wildman–Crippen LogP) is 2.69. The van der Waals surface area contributed by atoms with Gasteiger partial charge in [-0.15, -0.1) is 0 Å². The van der Waals surface area contributed by atoms with E-state index in [9.17, 15) is 14.4 Å². The van der Waals surface area contributed by atoms with E-state index < -0.39 is 18.5 Å². The van der Waals surface area contributed by atoms with Gasteiger partial charge in [0.25, 0.3) is 5.91 Å². The lowest BCUT2D eigenvalue weighted by molar-refractivity contribution is -0.119. The van der Waals surface area contributed by atoms with Crippen LogP contribution in [0, 0.1) is 0 Å². The van der Waals surface area contributed by atoms with Crippen LogP contribution in [0.2, 0.25) is 0 Å². The number of methoxy groups -OCH3 is 1. The van der Waals surface area contributed by atoms with E-state index in [0.717, 1.165) is 0 Å². The maximum atomic E-state index is 11.9. The zero-order chi connectivity index (χ0) is 17.5. The Hall–Kier alpha value is -3.15. The highest BCUT2D eigenvalue weighted by Gasteiger charge is 2.12. The van der Waals surface area contributed by atoms with Crippen LogP contribution in [0.4, 0.5) is 5.69 Å². The molecule has 124 valence electrons. The average Bonchev–Trinajstić information content (AvgIpc) is 2.60.